The van der Waals surface area contributed by atoms with Crippen molar-refractivity contribution in [2.75, 3.05) is 6.54 Å². The Balaban J connectivity index is 1.89. The third-order valence-corrected chi connectivity index (χ3v) is 4.21. The van der Waals surface area contributed by atoms with E-state index in [-0.39, 0.29) is 11.9 Å². The molecule has 0 saturated carbocycles. The molecule has 1 saturated heterocycles. The van der Waals surface area contributed by atoms with Gasteiger partial charge in [-0.3, -0.25) is 9.78 Å². The molecule has 3 rings (SSSR count). The predicted molar refractivity (Wildman–Crippen MR) is 83.8 cm³/mol. The molecule has 1 amide bonds. The normalized spacial score (nSPS) is 18.5. The summed E-state index contributed by atoms with van der Waals surface area (Å²) in [5.74, 6) is -0.00940. The van der Waals surface area contributed by atoms with Crippen LogP contribution in [0.3, 0.4) is 0 Å². The van der Waals surface area contributed by atoms with Gasteiger partial charge in [0.05, 0.1) is 6.04 Å². The van der Waals surface area contributed by atoms with Crippen molar-refractivity contribution in [3.63, 3.8) is 0 Å². The highest BCUT2D eigenvalue weighted by Crippen LogP contribution is 2.31. The second-order valence-corrected chi connectivity index (χ2v) is 5.95. The van der Waals surface area contributed by atoms with E-state index in [2.05, 4.69) is 25.9 Å². The zero-order valence-corrected chi connectivity index (χ0v) is 13.2. The Kier molecular flexibility index (Phi) is 4.29. The van der Waals surface area contributed by atoms with E-state index in [1.807, 2.05) is 35.4 Å². The van der Waals surface area contributed by atoms with E-state index in [9.17, 15) is 4.79 Å². The number of hydrogen-bond acceptors (Lipinski definition) is 3. The minimum atomic E-state index is -0.00940. The number of amides is 1. The number of carbonyl (C=O) groups is 1. The standard InChI is InChI=1S/C16H16BrN3O/c17-15-8-3-6-13(19-15)16(21)20-10-2-1-7-14(20)12-5-4-9-18-11-12/h3-6,8-9,11,14H,1-2,7,10H2. The Morgan fingerprint density at radius 2 is 2.14 bits per heavy atom. The highest BCUT2D eigenvalue weighted by Gasteiger charge is 2.29. The van der Waals surface area contributed by atoms with Crippen LogP contribution in [0.2, 0.25) is 0 Å². The number of halogens is 1. The average molecular weight is 346 g/mol. The van der Waals surface area contributed by atoms with Crippen LogP contribution in [-0.2, 0) is 0 Å². The summed E-state index contributed by atoms with van der Waals surface area (Å²) in [5.41, 5.74) is 1.58. The lowest BCUT2D eigenvalue weighted by Crippen LogP contribution is -2.38. The maximum Gasteiger partial charge on any atom is 0.273 e. The number of likely N-dealkylation sites (tertiary alicyclic amines) is 1. The number of carbonyl (C=O) groups excluding carboxylic acids is 1. The van der Waals surface area contributed by atoms with Crippen molar-refractivity contribution in [2.45, 2.75) is 25.3 Å². The number of aromatic nitrogens is 2. The van der Waals surface area contributed by atoms with E-state index in [4.69, 9.17) is 0 Å². The van der Waals surface area contributed by atoms with Gasteiger partial charge in [-0.25, -0.2) is 4.98 Å². The van der Waals surface area contributed by atoms with Gasteiger partial charge in [0.2, 0.25) is 0 Å². The van der Waals surface area contributed by atoms with Crippen LogP contribution in [0.25, 0.3) is 0 Å². The maximum absolute atomic E-state index is 12.8. The zero-order valence-electron chi connectivity index (χ0n) is 11.6. The van der Waals surface area contributed by atoms with Gasteiger partial charge in [0, 0.05) is 18.9 Å². The van der Waals surface area contributed by atoms with Crippen LogP contribution in [0.4, 0.5) is 0 Å². The van der Waals surface area contributed by atoms with Crippen LogP contribution < -0.4 is 0 Å². The molecule has 1 aliphatic heterocycles. The van der Waals surface area contributed by atoms with Gasteiger partial charge in [-0.05, 0) is 59.0 Å². The third kappa shape index (κ3) is 3.13. The number of piperidine rings is 1. The van der Waals surface area contributed by atoms with E-state index >= 15 is 0 Å². The van der Waals surface area contributed by atoms with Crippen LogP contribution >= 0.6 is 15.9 Å². The van der Waals surface area contributed by atoms with Gasteiger partial charge >= 0.3 is 0 Å². The van der Waals surface area contributed by atoms with Crippen LogP contribution in [0.1, 0.15) is 41.4 Å². The molecule has 4 nitrogen and oxygen atoms in total. The molecule has 0 spiro atoms. The number of pyridine rings is 2. The quantitative estimate of drug-likeness (QED) is 0.781. The fourth-order valence-electron chi connectivity index (χ4n) is 2.77. The molecule has 5 heteroatoms. The minimum absolute atomic E-state index is 0.00940. The Labute approximate surface area is 132 Å². The summed E-state index contributed by atoms with van der Waals surface area (Å²) in [5, 5.41) is 0. The largest absolute Gasteiger partial charge is 0.330 e. The van der Waals surface area contributed by atoms with Gasteiger partial charge < -0.3 is 4.90 Å². The van der Waals surface area contributed by atoms with Crippen molar-refractivity contribution >= 4 is 21.8 Å². The molecule has 1 fully saturated rings. The Hall–Kier alpha value is -1.75. The first-order chi connectivity index (χ1) is 10.3. The fourth-order valence-corrected chi connectivity index (χ4v) is 3.11. The minimum Gasteiger partial charge on any atom is -0.330 e. The molecule has 0 N–H and O–H groups in total. The SMILES string of the molecule is O=C(c1cccc(Br)n1)N1CCCCC1c1cccnc1. The van der Waals surface area contributed by atoms with Gasteiger partial charge in [0.15, 0.2) is 0 Å². The monoisotopic (exact) mass is 345 g/mol. The molecule has 1 atom stereocenters. The van der Waals surface area contributed by atoms with Gasteiger partial charge in [0.25, 0.3) is 5.91 Å². The Morgan fingerprint density at radius 3 is 2.90 bits per heavy atom. The van der Waals surface area contributed by atoms with Crippen molar-refractivity contribution in [1.82, 2.24) is 14.9 Å². The molecule has 2 aromatic heterocycles. The first-order valence-electron chi connectivity index (χ1n) is 7.09. The van der Waals surface area contributed by atoms with E-state index in [1.165, 1.54) is 0 Å². The molecular weight excluding hydrogens is 330 g/mol. The van der Waals surface area contributed by atoms with Gasteiger partial charge in [-0.1, -0.05) is 12.1 Å². The van der Waals surface area contributed by atoms with Crippen LogP contribution in [0.5, 0.6) is 0 Å². The van der Waals surface area contributed by atoms with Crippen molar-refractivity contribution in [1.29, 1.82) is 0 Å². The van der Waals surface area contributed by atoms with E-state index in [1.54, 1.807) is 12.3 Å². The van der Waals surface area contributed by atoms with Crippen LogP contribution in [-0.4, -0.2) is 27.3 Å². The molecule has 2 aromatic rings. The molecule has 1 aliphatic rings. The van der Waals surface area contributed by atoms with Crippen molar-refractivity contribution in [3.8, 4) is 0 Å². The second kappa shape index (κ2) is 6.35. The number of hydrogen-bond donors (Lipinski definition) is 0. The Morgan fingerprint density at radius 1 is 1.24 bits per heavy atom. The second-order valence-electron chi connectivity index (χ2n) is 5.14. The first kappa shape index (κ1) is 14.2. The molecule has 0 radical (unpaired) electrons. The summed E-state index contributed by atoms with van der Waals surface area (Å²) in [4.78, 5) is 23.1. The molecule has 0 aliphatic carbocycles. The molecule has 108 valence electrons. The molecule has 0 aromatic carbocycles. The summed E-state index contributed by atoms with van der Waals surface area (Å²) in [6.07, 6.45) is 6.76. The molecular formula is C16H16BrN3O. The van der Waals surface area contributed by atoms with Crippen molar-refractivity contribution < 1.29 is 4.79 Å². The van der Waals surface area contributed by atoms with Crippen molar-refractivity contribution in [3.05, 3.63) is 58.6 Å². The van der Waals surface area contributed by atoms with Crippen LogP contribution in [0, 0.1) is 0 Å². The van der Waals surface area contributed by atoms with Crippen molar-refractivity contribution in [2.24, 2.45) is 0 Å². The van der Waals surface area contributed by atoms with Gasteiger partial charge in [-0.15, -0.1) is 0 Å². The lowest BCUT2D eigenvalue weighted by atomic mass is 9.96. The predicted octanol–water partition coefficient (Wildman–Crippen LogP) is 3.61. The smallest absolute Gasteiger partial charge is 0.273 e. The maximum atomic E-state index is 12.8. The summed E-state index contributed by atoms with van der Waals surface area (Å²) >= 11 is 3.32. The zero-order chi connectivity index (χ0) is 14.7. The van der Waals surface area contributed by atoms with Crippen LogP contribution in [0.15, 0.2) is 47.3 Å². The highest BCUT2D eigenvalue weighted by molar-refractivity contribution is 9.10. The third-order valence-electron chi connectivity index (χ3n) is 3.77. The van der Waals surface area contributed by atoms with E-state index in [0.29, 0.717) is 10.3 Å². The molecule has 1 unspecified atom stereocenters. The van der Waals surface area contributed by atoms with Gasteiger partial charge in [0.1, 0.15) is 10.3 Å². The van der Waals surface area contributed by atoms with E-state index < -0.39 is 0 Å². The van der Waals surface area contributed by atoms with E-state index in [0.717, 1.165) is 31.4 Å². The lowest BCUT2D eigenvalue weighted by molar-refractivity contribution is 0.0605. The fraction of sp³-hybridized carbons (Fsp3) is 0.312. The number of nitrogens with zero attached hydrogens (tertiary/aromatic N) is 3. The van der Waals surface area contributed by atoms with Gasteiger partial charge in [-0.2, -0.15) is 0 Å². The summed E-state index contributed by atoms with van der Waals surface area (Å²) < 4.78 is 0.684. The number of rotatable bonds is 2. The highest BCUT2D eigenvalue weighted by atomic mass is 79.9. The molecule has 3 heterocycles. The summed E-state index contributed by atoms with van der Waals surface area (Å²) in [6, 6.07) is 9.49. The molecule has 0 bridgehead atoms. The first-order valence-corrected chi connectivity index (χ1v) is 7.88. The molecule has 21 heavy (non-hydrogen) atoms. The topological polar surface area (TPSA) is 46.1 Å². The average Bonchev–Trinajstić information content (AvgIpc) is 2.55. The summed E-state index contributed by atoms with van der Waals surface area (Å²) in [6.45, 7) is 0.770. The lowest BCUT2D eigenvalue weighted by Gasteiger charge is -2.35. The Bertz CT molecular complexity index is 632. The summed E-state index contributed by atoms with van der Waals surface area (Å²) in [7, 11) is 0.